The fourth-order valence-corrected chi connectivity index (χ4v) is 4.56. The van der Waals surface area contributed by atoms with Crippen molar-refractivity contribution >= 4 is 8.32 Å². The lowest BCUT2D eigenvalue weighted by Gasteiger charge is -2.25. The third kappa shape index (κ3) is 7.55. The summed E-state index contributed by atoms with van der Waals surface area (Å²) in [6, 6.07) is 2.11. The molecule has 108 valence electrons. The van der Waals surface area contributed by atoms with E-state index in [2.05, 4.69) is 25.3 Å². The molecule has 1 aliphatic rings. The van der Waals surface area contributed by atoms with E-state index in [4.69, 9.17) is 4.43 Å². The highest BCUT2D eigenvalue weighted by molar-refractivity contribution is 6.71. The summed E-state index contributed by atoms with van der Waals surface area (Å²) in [5, 5.41) is 3.73. The van der Waals surface area contributed by atoms with Gasteiger partial charge >= 0.3 is 0 Å². The zero-order valence-electron chi connectivity index (χ0n) is 12.8. The minimum absolute atomic E-state index is 0.810. The second kappa shape index (κ2) is 9.11. The van der Waals surface area contributed by atoms with Crippen molar-refractivity contribution in [3.63, 3.8) is 0 Å². The van der Waals surface area contributed by atoms with Crippen LogP contribution in [0.5, 0.6) is 0 Å². The molecule has 0 aromatic carbocycles. The van der Waals surface area contributed by atoms with E-state index in [0.29, 0.717) is 0 Å². The summed E-state index contributed by atoms with van der Waals surface area (Å²) in [7, 11) is -1.37. The first-order valence-electron chi connectivity index (χ1n) is 8.01. The summed E-state index contributed by atoms with van der Waals surface area (Å²) >= 11 is 0. The molecule has 0 aliphatic heterocycles. The summed E-state index contributed by atoms with van der Waals surface area (Å²) in [6.07, 6.45) is 10.9. The zero-order valence-corrected chi connectivity index (χ0v) is 13.8. The third-order valence-electron chi connectivity index (χ3n) is 3.98. The normalized spacial score (nSPS) is 18.2. The van der Waals surface area contributed by atoms with Gasteiger partial charge in [0.25, 0.3) is 0 Å². The van der Waals surface area contributed by atoms with Crippen LogP contribution in [-0.4, -0.2) is 27.5 Å². The fraction of sp³-hybridized carbons (Fsp3) is 1.00. The Bertz CT molecular complexity index is 203. The number of hydrogen-bond donors (Lipinski definition) is 1. The van der Waals surface area contributed by atoms with Gasteiger partial charge in [0.1, 0.15) is 0 Å². The maximum Gasteiger partial charge on any atom is 0.186 e. The third-order valence-corrected chi connectivity index (χ3v) is 6.53. The Morgan fingerprint density at radius 1 is 1.11 bits per heavy atom. The average molecular weight is 272 g/mol. The highest BCUT2D eigenvalue weighted by Crippen LogP contribution is 2.18. The first kappa shape index (κ1) is 16.2. The van der Waals surface area contributed by atoms with Crippen LogP contribution in [0.25, 0.3) is 0 Å². The Balaban J connectivity index is 2.01. The minimum atomic E-state index is -1.37. The van der Waals surface area contributed by atoms with E-state index in [1.165, 1.54) is 64.0 Å². The van der Waals surface area contributed by atoms with Gasteiger partial charge in [0.05, 0.1) is 0 Å². The fourth-order valence-electron chi connectivity index (χ4n) is 2.69. The predicted molar refractivity (Wildman–Crippen MR) is 82.6 cm³/mol. The Hall–Kier alpha value is 0.137. The molecule has 0 spiro atoms. The van der Waals surface area contributed by atoms with E-state index in [1.807, 2.05) is 0 Å². The molecular formula is C15H33NOSi. The van der Waals surface area contributed by atoms with Crippen LogP contribution in [0, 0.1) is 0 Å². The average Bonchev–Trinajstić information content (AvgIpc) is 2.36. The van der Waals surface area contributed by atoms with Crippen molar-refractivity contribution in [2.75, 3.05) is 13.2 Å². The molecular weight excluding hydrogens is 238 g/mol. The van der Waals surface area contributed by atoms with Gasteiger partial charge in [-0.2, -0.15) is 0 Å². The molecule has 1 fully saturated rings. The molecule has 0 heterocycles. The molecule has 0 aromatic heterocycles. The van der Waals surface area contributed by atoms with Gasteiger partial charge in [0, 0.05) is 12.6 Å². The second-order valence-electron chi connectivity index (χ2n) is 6.35. The molecule has 0 unspecified atom stereocenters. The Morgan fingerprint density at radius 2 is 1.83 bits per heavy atom. The molecule has 18 heavy (non-hydrogen) atoms. The SMILES string of the molecule is CCCCO[Si](C)(C)CCCNC1CCCCC1. The van der Waals surface area contributed by atoms with Gasteiger partial charge in [-0.3, -0.25) is 0 Å². The molecule has 1 N–H and O–H groups in total. The van der Waals surface area contributed by atoms with Gasteiger partial charge in [0.15, 0.2) is 8.32 Å². The van der Waals surface area contributed by atoms with E-state index >= 15 is 0 Å². The van der Waals surface area contributed by atoms with Crippen LogP contribution >= 0.6 is 0 Å². The van der Waals surface area contributed by atoms with Crippen LogP contribution in [0.2, 0.25) is 19.1 Å². The molecule has 0 bridgehead atoms. The zero-order chi connectivity index (χ0) is 13.3. The quantitative estimate of drug-likeness (QED) is 0.498. The Kier molecular flexibility index (Phi) is 8.19. The second-order valence-corrected chi connectivity index (χ2v) is 10.7. The van der Waals surface area contributed by atoms with Crippen molar-refractivity contribution in [3.05, 3.63) is 0 Å². The van der Waals surface area contributed by atoms with Gasteiger partial charge in [0.2, 0.25) is 0 Å². The Labute approximate surface area is 115 Å². The highest BCUT2D eigenvalue weighted by atomic mass is 28.4. The molecule has 1 saturated carbocycles. The van der Waals surface area contributed by atoms with Gasteiger partial charge in [-0.05, 0) is 51.4 Å². The lowest BCUT2D eigenvalue weighted by atomic mass is 9.95. The number of nitrogens with one attached hydrogen (secondary N) is 1. The molecule has 2 nitrogen and oxygen atoms in total. The summed E-state index contributed by atoms with van der Waals surface area (Å²) in [4.78, 5) is 0. The van der Waals surface area contributed by atoms with E-state index in [9.17, 15) is 0 Å². The Morgan fingerprint density at radius 3 is 2.50 bits per heavy atom. The van der Waals surface area contributed by atoms with E-state index in [0.717, 1.165) is 12.6 Å². The highest BCUT2D eigenvalue weighted by Gasteiger charge is 2.21. The van der Waals surface area contributed by atoms with E-state index in [-0.39, 0.29) is 0 Å². The van der Waals surface area contributed by atoms with Crippen LogP contribution in [-0.2, 0) is 4.43 Å². The number of hydrogen-bond acceptors (Lipinski definition) is 2. The maximum atomic E-state index is 6.07. The standard InChI is InChI=1S/C15H33NOSi/c1-4-5-13-17-18(2,3)14-9-12-16-15-10-7-6-8-11-15/h15-16H,4-14H2,1-3H3. The lowest BCUT2D eigenvalue weighted by molar-refractivity contribution is 0.297. The first-order valence-corrected chi connectivity index (χ1v) is 11.1. The maximum absolute atomic E-state index is 6.07. The summed E-state index contributed by atoms with van der Waals surface area (Å²) < 4.78 is 6.07. The van der Waals surface area contributed by atoms with Crippen molar-refractivity contribution in [3.8, 4) is 0 Å². The summed E-state index contributed by atoms with van der Waals surface area (Å²) in [5.74, 6) is 0. The van der Waals surface area contributed by atoms with Crippen molar-refractivity contribution in [1.29, 1.82) is 0 Å². The van der Waals surface area contributed by atoms with Gasteiger partial charge in [-0.25, -0.2) is 0 Å². The van der Waals surface area contributed by atoms with Gasteiger partial charge in [-0.15, -0.1) is 0 Å². The van der Waals surface area contributed by atoms with E-state index in [1.54, 1.807) is 0 Å². The topological polar surface area (TPSA) is 21.3 Å². The molecule has 0 amide bonds. The minimum Gasteiger partial charge on any atom is -0.417 e. The smallest absolute Gasteiger partial charge is 0.186 e. The first-order chi connectivity index (χ1) is 8.64. The van der Waals surface area contributed by atoms with Crippen molar-refractivity contribution in [2.45, 2.75) is 83.5 Å². The predicted octanol–water partition coefficient (Wildman–Crippen LogP) is 4.32. The molecule has 1 aliphatic carbocycles. The molecule has 1 rings (SSSR count). The van der Waals surface area contributed by atoms with Crippen LogP contribution in [0.4, 0.5) is 0 Å². The monoisotopic (exact) mass is 271 g/mol. The van der Waals surface area contributed by atoms with Gasteiger partial charge in [-0.1, -0.05) is 32.6 Å². The molecule has 0 atom stereocenters. The number of rotatable bonds is 9. The molecule has 0 saturated heterocycles. The molecule has 3 heteroatoms. The van der Waals surface area contributed by atoms with Crippen molar-refractivity contribution < 1.29 is 4.43 Å². The summed E-state index contributed by atoms with van der Waals surface area (Å²) in [5.41, 5.74) is 0. The van der Waals surface area contributed by atoms with Gasteiger partial charge < -0.3 is 9.74 Å². The molecule has 0 radical (unpaired) electrons. The van der Waals surface area contributed by atoms with Crippen LogP contribution in [0.15, 0.2) is 0 Å². The van der Waals surface area contributed by atoms with Crippen molar-refractivity contribution in [1.82, 2.24) is 5.32 Å². The van der Waals surface area contributed by atoms with Crippen LogP contribution < -0.4 is 5.32 Å². The lowest BCUT2D eigenvalue weighted by Crippen LogP contribution is -2.35. The van der Waals surface area contributed by atoms with Crippen LogP contribution in [0.1, 0.15) is 58.3 Å². The van der Waals surface area contributed by atoms with E-state index < -0.39 is 8.32 Å². The number of unbranched alkanes of at least 4 members (excludes halogenated alkanes) is 1. The summed E-state index contributed by atoms with van der Waals surface area (Å²) in [6.45, 7) is 9.13. The molecule has 0 aromatic rings. The largest absolute Gasteiger partial charge is 0.417 e. The van der Waals surface area contributed by atoms with Crippen LogP contribution in [0.3, 0.4) is 0 Å². The van der Waals surface area contributed by atoms with Crippen molar-refractivity contribution in [2.24, 2.45) is 0 Å².